The third kappa shape index (κ3) is 1.72. The van der Waals surface area contributed by atoms with Crippen LogP contribution in [0.5, 0.6) is 0 Å². The molecule has 1 saturated heterocycles. The SMILES string of the molecule is CC(C)(C)[Si](C)(C)C1COC1C=O. The zero-order valence-corrected chi connectivity index (χ0v) is 10.3. The molecule has 2 atom stereocenters. The lowest BCUT2D eigenvalue weighted by atomic mass is 10.2. The topological polar surface area (TPSA) is 26.3 Å². The molecule has 2 nitrogen and oxygen atoms in total. The van der Waals surface area contributed by atoms with Gasteiger partial charge in [0.25, 0.3) is 0 Å². The molecule has 76 valence electrons. The second-order valence-corrected chi connectivity index (χ2v) is 11.2. The summed E-state index contributed by atoms with van der Waals surface area (Å²) in [6.07, 6.45) is 0.857. The quantitative estimate of drug-likeness (QED) is 0.505. The Morgan fingerprint density at radius 2 is 1.92 bits per heavy atom. The lowest BCUT2D eigenvalue weighted by molar-refractivity contribution is -0.129. The van der Waals surface area contributed by atoms with Gasteiger partial charge in [-0.15, -0.1) is 0 Å². The molecule has 0 aliphatic carbocycles. The van der Waals surface area contributed by atoms with Crippen molar-refractivity contribution in [1.82, 2.24) is 0 Å². The Hall–Kier alpha value is -0.153. The molecule has 0 aromatic heterocycles. The van der Waals surface area contributed by atoms with E-state index in [4.69, 9.17) is 4.74 Å². The highest BCUT2D eigenvalue weighted by Gasteiger charge is 2.50. The van der Waals surface area contributed by atoms with E-state index in [1.165, 1.54) is 0 Å². The highest BCUT2D eigenvalue weighted by atomic mass is 28.3. The molecule has 0 amide bonds. The molecule has 0 saturated carbocycles. The third-order valence-electron chi connectivity index (χ3n) is 3.86. The molecule has 1 fully saturated rings. The van der Waals surface area contributed by atoms with Gasteiger partial charge in [0, 0.05) is 5.54 Å². The second kappa shape index (κ2) is 3.21. The molecule has 0 bridgehead atoms. The summed E-state index contributed by atoms with van der Waals surface area (Å²) in [5, 5.41) is 0.350. The van der Waals surface area contributed by atoms with Crippen molar-refractivity contribution < 1.29 is 9.53 Å². The van der Waals surface area contributed by atoms with E-state index in [0.29, 0.717) is 10.6 Å². The van der Waals surface area contributed by atoms with Crippen LogP contribution in [0, 0.1) is 0 Å². The second-order valence-electron chi connectivity index (χ2n) is 5.51. The van der Waals surface area contributed by atoms with Crippen LogP contribution in [-0.2, 0) is 9.53 Å². The average molecular weight is 200 g/mol. The molecule has 1 aliphatic rings. The Bertz CT molecular complexity index is 205. The summed E-state index contributed by atoms with van der Waals surface area (Å²) >= 11 is 0. The zero-order valence-electron chi connectivity index (χ0n) is 9.26. The summed E-state index contributed by atoms with van der Waals surface area (Å²) in [6, 6.07) is 0. The van der Waals surface area contributed by atoms with Gasteiger partial charge in [-0.05, 0) is 5.04 Å². The molecule has 2 unspecified atom stereocenters. The van der Waals surface area contributed by atoms with E-state index in [9.17, 15) is 4.79 Å². The van der Waals surface area contributed by atoms with Gasteiger partial charge in [-0.25, -0.2) is 0 Å². The molecule has 3 heteroatoms. The molecular formula is C10H20O2Si. The predicted octanol–water partition coefficient (Wildman–Crippen LogP) is 2.46. The van der Waals surface area contributed by atoms with E-state index >= 15 is 0 Å². The molecule has 0 N–H and O–H groups in total. The first-order valence-electron chi connectivity index (χ1n) is 4.87. The van der Waals surface area contributed by atoms with E-state index in [2.05, 4.69) is 33.9 Å². The van der Waals surface area contributed by atoms with E-state index in [1.807, 2.05) is 0 Å². The van der Waals surface area contributed by atoms with Crippen molar-refractivity contribution in [1.29, 1.82) is 0 Å². The number of hydrogen-bond acceptors (Lipinski definition) is 2. The molecule has 13 heavy (non-hydrogen) atoms. The maximum atomic E-state index is 10.7. The predicted molar refractivity (Wildman–Crippen MR) is 56.8 cm³/mol. The molecule has 1 rings (SSSR count). The van der Waals surface area contributed by atoms with Crippen molar-refractivity contribution in [3.8, 4) is 0 Å². The summed E-state index contributed by atoms with van der Waals surface area (Å²) in [6.45, 7) is 12.3. The fourth-order valence-electron chi connectivity index (χ4n) is 1.61. The minimum atomic E-state index is -1.36. The highest BCUT2D eigenvalue weighted by Crippen LogP contribution is 2.48. The Kier molecular flexibility index (Phi) is 2.70. The van der Waals surface area contributed by atoms with Crippen LogP contribution in [0.2, 0.25) is 23.7 Å². The molecule has 0 aromatic rings. The Morgan fingerprint density at radius 1 is 1.38 bits per heavy atom. The van der Waals surface area contributed by atoms with E-state index in [-0.39, 0.29) is 6.10 Å². The van der Waals surface area contributed by atoms with Crippen LogP contribution in [0.25, 0.3) is 0 Å². The highest BCUT2D eigenvalue weighted by molar-refractivity contribution is 6.82. The molecule has 0 radical (unpaired) electrons. The Balaban J connectivity index is 2.75. The van der Waals surface area contributed by atoms with E-state index in [1.54, 1.807) is 0 Å². The first-order chi connectivity index (χ1) is 5.80. The van der Waals surface area contributed by atoms with Gasteiger partial charge in [-0.2, -0.15) is 0 Å². The average Bonchev–Trinajstić information content (AvgIpc) is 1.81. The van der Waals surface area contributed by atoms with Gasteiger partial charge < -0.3 is 9.53 Å². The van der Waals surface area contributed by atoms with E-state index < -0.39 is 8.07 Å². The molecule has 1 aliphatic heterocycles. The number of rotatable bonds is 2. The molecule has 0 spiro atoms. The van der Waals surface area contributed by atoms with Gasteiger partial charge in [-0.3, -0.25) is 0 Å². The minimum absolute atomic E-state index is 0.110. The van der Waals surface area contributed by atoms with Crippen molar-refractivity contribution in [2.24, 2.45) is 0 Å². The van der Waals surface area contributed by atoms with Crippen LogP contribution in [0.4, 0.5) is 0 Å². The summed E-state index contributed by atoms with van der Waals surface area (Å²) in [5.41, 5.74) is 0.519. The maximum absolute atomic E-state index is 10.7. The maximum Gasteiger partial charge on any atom is 0.148 e. The largest absolute Gasteiger partial charge is 0.371 e. The minimum Gasteiger partial charge on any atom is -0.371 e. The van der Waals surface area contributed by atoms with Gasteiger partial charge in [0.1, 0.15) is 12.4 Å². The first kappa shape index (κ1) is 10.9. The number of carbonyl (C=O) groups is 1. The van der Waals surface area contributed by atoms with Crippen LogP contribution in [-0.4, -0.2) is 27.1 Å². The number of carbonyl (C=O) groups excluding carboxylic acids is 1. The molecule has 1 heterocycles. The van der Waals surface area contributed by atoms with Crippen LogP contribution in [0.1, 0.15) is 20.8 Å². The van der Waals surface area contributed by atoms with Crippen LogP contribution < -0.4 is 0 Å². The van der Waals surface area contributed by atoms with Gasteiger partial charge in [0.2, 0.25) is 0 Å². The summed E-state index contributed by atoms with van der Waals surface area (Å²) < 4.78 is 5.24. The van der Waals surface area contributed by atoms with Gasteiger partial charge >= 0.3 is 0 Å². The molecular weight excluding hydrogens is 180 g/mol. The van der Waals surface area contributed by atoms with Gasteiger partial charge in [-0.1, -0.05) is 33.9 Å². The fourth-order valence-corrected chi connectivity index (χ4v) is 4.23. The van der Waals surface area contributed by atoms with Crippen LogP contribution >= 0.6 is 0 Å². The zero-order chi connectivity index (χ0) is 10.3. The molecule has 0 aromatic carbocycles. The first-order valence-corrected chi connectivity index (χ1v) is 7.95. The monoisotopic (exact) mass is 200 g/mol. The Labute approximate surface area is 81.7 Å². The lowest BCUT2D eigenvalue weighted by Crippen LogP contribution is -2.55. The van der Waals surface area contributed by atoms with Crippen molar-refractivity contribution in [2.45, 2.75) is 50.5 Å². The van der Waals surface area contributed by atoms with Crippen LogP contribution in [0.15, 0.2) is 0 Å². The Morgan fingerprint density at radius 3 is 2.15 bits per heavy atom. The summed E-state index contributed by atoms with van der Waals surface area (Å²) in [7, 11) is -1.36. The standard InChI is InChI=1S/C10H20O2Si/c1-10(2,3)13(4,5)9-7-12-8(9)6-11/h6,8-9H,7H2,1-5H3. The van der Waals surface area contributed by atoms with Crippen LogP contribution in [0.3, 0.4) is 0 Å². The third-order valence-corrected chi connectivity index (χ3v) is 10.1. The van der Waals surface area contributed by atoms with E-state index in [0.717, 1.165) is 12.9 Å². The van der Waals surface area contributed by atoms with Gasteiger partial charge in [0.05, 0.1) is 14.7 Å². The van der Waals surface area contributed by atoms with Crippen molar-refractivity contribution in [2.75, 3.05) is 6.61 Å². The summed E-state index contributed by atoms with van der Waals surface area (Å²) in [5.74, 6) is 0. The fraction of sp³-hybridized carbons (Fsp3) is 0.900. The van der Waals surface area contributed by atoms with Crippen molar-refractivity contribution in [3.63, 3.8) is 0 Å². The van der Waals surface area contributed by atoms with Crippen molar-refractivity contribution in [3.05, 3.63) is 0 Å². The summed E-state index contributed by atoms with van der Waals surface area (Å²) in [4.78, 5) is 10.7. The normalized spacial score (nSPS) is 29.6. The number of aldehydes is 1. The number of hydrogen-bond donors (Lipinski definition) is 0. The lowest BCUT2D eigenvalue weighted by Gasteiger charge is -2.49. The van der Waals surface area contributed by atoms with Crippen molar-refractivity contribution >= 4 is 14.4 Å². The number of ether oxygens (including phenoxy) is 1. The smallest absolute Gasteiger partial charge is 0.148 e. The van der Waals surface area contributed by atoms with Gasteiger partial charge in [0.15, 0.2) is 0 Å².